The topological polar surface area (TPSA) is 81.8 Å². The number of carbonyl (C=O) groups excluding carboxylic acids is 2. The van der Waals surface area contributed by atoms with Crippen molar-refractivity contribution in [2.75, 3.05) is 5.73 Å². The van der Waals surface area contributed by atoms with Crippen LogP contribution in [0.5, 0.6) is 0 Å². The lowest BCUT2D eigenvalue weighted by molar-refractivity contribution is -0.140. The van der Waals surface area contributed by atoms with Gasteiger partial charge in [0.2, 0.25) is 5.78 Å². The molecule has 3 aromatic rings. The van der Waals surface area contributed by atoms with Crippen LogP contribution in [0, 0.1) is 6.92 Å². The van der Waals surface area contributed by atoms with Crippen molar-refractivity contribution in [2.24, 2.45) is 5.16 Å². The van der Waals surface area contributed by atoms with E-state index in [4.69, 9.17) is 10.6 Å². The summed E-state index contributed by atoms with van der Waals surface area (Å²) < 4.78 is 0. The molecule has 0 spiro atoms. The molecule has 2 N–H and O–H groups in total. The van der Waals surface area contributed by atoms with Gasteiger partial charge in [0, 0.05) is 33.5 Å². The molecule has 6 heteroatoms. The zero-order valence-corrected chi connectivity index (χ0v) is 16.9. The van der Waals surface area contributed by atoms with Gasteiger partial charge in [-0.3, -0.25) is 4.79 Å². The first-order valence-corrected chi connectivity index (χ1v) is 9.75. The molecule has 0 aliphatic carbocycles. The monoisotopic (exact) mass is 404 g/mol. The number of nitrogens with two attached hydrogens (primary N) is 1. The third-order valence-corrected chi connectivity index (χ3v) is 5.13. The summed E-state index contributed by atoms with van der Waals surface area (Å²) >= 11 is 1.57. The van der Waals surface area contributed by atoms with Gasteiger partial charge in [0.05, 0.1) is 0 Å². The van der Waals surface area contributed by atoms with E-state index < -0.39 is 5.97 Å². The number of oxime groups is 1. The second-order valence-corrected chi connectivity index (χ2v) is 7.51. The maximum atomic E-state index is 13.1. The molecule has 3 aromatic carbocycles. The molecule has 0 amide bonds. The van der Waals surface area contributed by atoms with Crippen molar-refractivity contribution in [3.8, 4) is 0 Å². The Labute approximate surface area is 173 Å². The number of aryl methyl sites for hydroxylation is 1. The number of hydrogen-bond acceptors (Lipinski definition) is 6. The number of benzene rings is 3. The zero-order valence-electron chi connectivity index (χ0n) is 16.1. The number of ketones is 1. The predicted octanol–water partition coefficient (Wildman–Crippen LogP) is 4.88. The van der Waals surface area contributed by atoms with Crippen LogP contribution >= 0.6 is 11.8 Å². The lowest BCUT2D eigenvalue weighted by Gasteiger charge is -2.09. The largest absolute Gasteiger partial charge is 0.399 e. The number of nitrogens with zero attached hydrogens (tertiary/aromatic N) is 1. The zero-order chi connectivity index (χ0) is 20.8. The van der Waals surface area contributed by atoms with Crippen LogP contribution < -0.4 is 5.73 Å². The highest BCUT2D eigenvalue weighted by atomic mass is 32.2. The number of rotatable bonds is 6. The third kappa shape index (κ3) is 5.33. The summed E-state index contributed by atoms with van der Waals surface area (Å²) in [5.74, 6) is -0.899. The first-order valence-electron chi connectivity index (χ1n) is 8.94. The van der Waals surface area contributed by atoms with Gasteiger partial charge in [-0.1, -0.05) is 41.2 Å². The molecule has 3 rings (SSSR count). The summed E-state index contributed by atoms with van der Waals surface area (Å²) in [6, 6.07) is 22.1. The molecular weight excluding hydrogens is 384 g/mol. The first kappa shape index (κ1) is 20.4. The molecule has 0 bridgehead atoms. The molecule has 0 heterocycles. The second-order valence-electron chi connectivity index (χ2n) is 6.36. The van der Waals surface area contributed by atoms with E-state index in [0.717, 1.165) is 15.4 Å². The Bertz CT molecular complexity index is 1060. The minimum absolute atomic E-state index is 0.0947. The Morgan fingerprint density at radius 1 is 0.897 bits per heavy atom. The van der Waals surface area contributed by atoms with E-state index in [0.29, 0.717) is 16.8 Å². The van der Waals surface area contributed by atoms with Crippen molar-refractivity contribution in [1.82, 2.24) is 0 Å². The van der Waals surface area contributed by atoms with E-state index in [-0.39, 0.29) is 11.5 Å². The summed E-state index contributed by atoms with van der Waals surface area (Å²) in [5, 5.41) is 3.83. The van der Waals surface area contributed by atoms with Crippen LogP contribution in [-0.4, -0.2) is 17.5 Å². The van der Waals surface area contributed by atoms with E-state index in [1.54, 1.807) is 30.0 Å². The van der Waals surface area contributed by atoms with Gasteiger partial charge in [-0.05, 0) is 61.0 Å². The van der Waals surface area contributed by atoms with Crippen LogP contribution in [0.4, 0.5) is 5.69 Å². The highest BCUT2D eigenvalue weighted by Crippen LogP contribution is 2.28. The van der Waals surface area contributed by atoms with Gasteiger partial charge in [-0.25, -0.2) is 4.79 Å². The van der Waals surface area contributed by atoms with Crippen molar-refractivity contribution in [3.05, 3.63) is 89.5 Å². The average Bonchev–Trinajstić information content (AvgIpc) is 2.71. The summed E-state index contributed by atoms with van der Waals surface area (Å²) in [6.07, 6.45) is 0. The molecular formula is C23H20N2O3S. The number of carbonyl (C=O) groups is 2. The molecule has 0 saturated carbocycles. The average molecular weight is 404 g/mol. The minimum Gasteiger partial charge on any atom is -0.399 e. The summed E-state index contributed by atoms with van der Waals surface area (Å²) in [4.78, 5) is 31.1. The highest BCUT2D eigenvalue weighted by molar-refractivity contribution is 7.99. The minimum atomic E-state index is -0.584. The smallest absolute Gasteiger partial charge is 0.332 e. The number of hydrogen-bond donors (Lipinski definition) is 1. The van der Waals surface area contributed by atoms with Gasteiger partial charge in [0.1, 0.15) is 0 Å². The molecule has 0 unspecified atom stereocenters. The van der Waals surface area contributed by atoms with Gasteiger partial charge in [-0.15, -0.1) is 0 Å². The third-order valence-electron chi connectivity index (χ3n) is 4.11. The molecule has 0 radical (unpaired) electrons. The van der Waals surface area contributed by atoms with Gasteiger partial charge in [-0.2, -0.15) is 0 Å². The number of anilines is 1. The SMILES string of the molecule is CC(=O)O/N=C(/C(=O)c1ccc(Sc2ccc(N)cc2)cc1)c1ccccc1C. The van der Waals surface area contributed by atoms with Crippen LogP contribution in [-0.2, 0) is 9.63 Å². The summed E-state index contributed by atoms with van der Waals surface area (Å²) in [5.41, 5.74) is 8.47. The molecule has 146 valence electrons. The Hall–Kier alpha value is -3.38. The molecule has 0 fully saturated rings. The van der Waals surface area contributed by atoms with Crippen molar-refractivity contribution in [1.29, 1.82) is 0 Å². The standard InChI is InChI=1S/C23H20N2O3S/c1-15-5-3-4-6-21(15)22(25-28-16(2)26)23(27)17-7-11-19(12-8-17)29-20-13-9-18(24)10-14-20/h3-14H,24H2,1-2H3/b25-22+. The molecule has 0 aliphatic rings. The lowest BCUT2D eigenvalue weighted by atomic mass is 9.97. The quantitative estimate of drug-likeness (QED) is 0.208. The fourth-order valence-corrected chi connectivity index (χ4v) is 3.46. The van der Waals surface area contributed by atoms with Gasteiger partial charge in [0.25, 0.3) is 0 Å². The molecule has 0 aliphatic heterocycles. The Morgan fingerprint density at radius 3 is 2.07 bits per heavy atom. The molecule has 5 nitrogen and oxygen atoms in total. The Balaban J connectivity index is 1.86. The van der Waals surface area contributed by atoms with Gasteiger partial charge >= 0.3 is 5.97 Å². The van der Waals surface area contributed by atoms with Crippen molar-refractivity contribution in [2.45, 2.75) is 23.6 Å². The fraction of sp³-hybridized carbons (Fsp3) is 0.0870. The van der Waals surface area contributed by atoms with Crippen LogP contribution in [0.1, 0.15) is 28.4 Å². The highest BCUT2D eigenvalue weighted by Gasteiger charge is 2.19. The Morgan fingerprint density at radius 2 is 1.48 bits per heavy atom. The van der Waals surface area contributed by atoms with Crippen LogP contribution in [0.2, 0.25) is 0 Å². The Kier molecular flexibility index (Phi) is 6.46. The molecule has 0 saturated heterocycles. The summed E-state index contributed by atoms with van der Waals surface area (Å²) in [7, 11) is 0. The number of Topliss-reactive ketones (excluding diaryl/α,β-unsaturated/α-hetero) is 1. The van der Waals surface area contributed by atoms with Gasteiger partial charge in [0.15, 0.2) is 5.71 Å². The van der Waals surface area contributed by atoms with Gasteiger partial charge < -0.3 is 10.6 Å². The van der Waals surface area contributed by atoms with Crippen molar-refractivity contribution in [3.63, 3.8) is 0 Å². The van der Waals surface area contributed by atoms with E-state index in [1.807, 2.05) is 61.5 Å². The van der Waals surface area contributed by atoms with Crippen molar-refractivity contribution >= 4 is 34.9 Å². The maximum absolute atomic E-state index is 13.1. The van der Waals surface area contributed by atoms with Crippen LogP contribution in [0.3, 0.4) is 0 Å². The fourth-order valence-electron chi connectivity index (χ4n) is 2.64. The van der Waals surface area contributed by atoms with E-state index in [2.05, 4.69) is 5.16 Å². The van der Waals surface area contributed by atoms with E-state index in [1.165, 1.54) is 6.92 Å². The van der Waals surface area contributed by atoms with E-state index >= 15 is 0 Å². The predicted molar refractivity (Wildman–Crippen MR) is 115 cm³/mol. The maximum Gasteiger partial charge on any atom is 0.332 e. The van der Waals surface area contributed by atoms with Crippen molar-refractivity contribution < 1.29 is 14.4 Å². The summed E-state index contributed by atoms with van der Waals surface area (Å²) in [6.45, 7) is 3.12. The molecule has 0 atom stereocenters. The molecule has 0 aromatic heterocycles. The molecule has 29 heavy (non-hydrogen) atoms. The van der Waals surface area contributed by atoms with E-state index in [9.17, 15) is 9.59 Å². The normalized spacial score (nSPS) is 11.2. The van der Waals surface area contributed by atoms with Crippen LogP contribution in [0.15, 0.2) is 87.7 Å². The number of nitrogen functional groups attached to an aromatic ring is 1. The first-order chi connectivity index (χ1) is 13.9. The van der Waals surface area contributed by atoms with Crippen LogP contribution in [0.25, 0.3) is 0 Å². The lowest BCUT2D eigenvalue weighted by Crippen LogP contribution is -2.18. The second kappa shape index (κ2) is 9.21.